The van der Waals surface area contributed by atoms with Crippen LogP contribution in [0.25, 0.3) is 0 Å². The molecule has 1 aromatic carbocycles. The number of hydrogen-bond acceptors (Lipinski definition) is 1. The van der Waals surface area contributed by atoms with Crippen LogP contribution in [0.3, 0.4) is 0 Å². The van der Waals surface area contributed by atoms with Crippen LogP contribution in [0.15, 0.2) is 12.1 Å². The lowest BCUT2D eigenvalue weighted by molar-refractivity contribution is -0.001000. The maximum Gasteiger partial charge on any atom is 0.136 e. The Morgan fingerprint density at radius 3 is 1.78 bits per heavy atom. The first-order valence-corrected chi connectivity index (χ1v) is 11.7. The topological polar surface area (TPSA) is 9.23 Å². The van der Waals surface area contributed by atoms with Gasteiger partial charge in [0.05, 0.1) is 7.11 Å². The predicted molar refractivity (Wildman–Crippen MR) is 97.8 cm³/mol. The molecule has 0 N–H and O–H groups in total. The van der Waals surface area contributed by atoms with Gasteiger partial charge in [0.1, 0.15) is 40.3 Å². The van der Waals surface area contributed by atoms with Crippen molar-refractivity contribution in [2.75, 3.05) is 30.1 Å². The smallest absolute Gasteiger partial charge is 0.136 e. The summed E-state index contributed by atoms with van der Waals surface area (Å²) in [6.45, 7) is 2.30. The van der Waals surface area contributed by atoms with Crippen LogP contribution in [0.2, 0.25) is 0 Å². The largest absolute Gasteiger partial charge is 1.00 e. The molecule has 2 fully saturated rings. The molecule has 0 amide bonds. The van der Waals surface area contributed by atoms with Crippen molar-refractivity contribution < 1.29 is 29.6 Å². The normalized spacial score (nSPS) is 18.5. The standard InChI is InChI=1S/C18H28OS2.2ClH/c1-15-11-17(14-21-9-5-6-10-21)18(19-2)12-16(15)13-20-7-3-4-8-20;;/h11-12H,3-10,13-14H2,1-2H3;2*1H/q+2;;/p-2. The molecule has 0 unspecified atom stereocenters. The van der Waals surface area contributed by atoms with E-state index >= 15 is 0 Å². The third-order valence-electron chi connectivity index (χ3n) is 4.69. The zero-order valence-corrected chi connectivity index (χ0v) is 17.4. The molecule has 23 heavy (non-hydrogen) atoms. The van der Waals surface area contributed by atoms with E-state index in [1.54, 1.807) is 0 Å². The molecule has 0 radical (unpaired) electrons. The second-order valence-corrected chi connectivity index (χ2v) is 11.0. The van der Waals surface area contributed by atoms with Crippen molar-refractivity contribution in [1.29, 1.82) is 0 Å². The molecule has 2 heterocycles. The highest BCUT2D eigenvalue weighted by atomic mass is 35.5. The summed E-state index contributed by atoms with van der Waals surface area (Å²) in [6.07, 6.45) is 5.76. The average Bonchev–Trinajstić information content (AvgIpc) is 3.15. The fraction of sp³-hybridized carbons (Fsp3) is 0.667. The minimum Gasteiger partial charge on any atom is -1.00 e. The third kappa shape index (κ3) is 5.66. The number of benzene rings is 1. The highest BCUT2D eigenvalue weighted by Crippen LogP contribution is 2.30. The number of aryl methyl sites for hydroxylation is 1. The molecule has 132 valence electrons. The summed E-state index contributed by atoms with van der Waals surface area (Å²) < 4.78 is 5.72. The fourth-order valence-electron chi connectivity index (χ4n) is 3.41. The van der Waals surface area contributed by atoms with Crippen LogP contribution in [0, 0.1) is 6.92 Å². The first-order chi connectivity index (χ1) is 10.3. The van der Waals surface area contributed by atoms with Gasteiger partial charge in [0.25, 0.3) is 0 Å². The zero-order valence-electron chi connectivity index (χ0n) is 14.2. The lowest BCUT2D eigenvalue weighted by Crippen LogP contribution is -3.00. The van der Waals surface area contributed by atoms with Crippen LogP contribution >= 0.6 is 0 Å². The van der Waals surface area contributed by atoms with Crippen LogP contribution < -0.4 is 29.6 Å². The van der Waals surface area contributed by atoms with Crippen molar-refractivity contribution in [1.82, 2.24) is 0 Å². The number of ether oxygens (including phenoxy) is 1. The molecule has 0 atom stereocenters. The molecule has 0 spiro atoms. The second kappa shape index (κ2) is 10.3. The lowest BCUT2D eigenvalue weighted by Gasteiger charge is -2.13. The SMILES string of the molecule is COc1cc(C[S+]2CCCC2)c(C)cc1C[S+]1CCCC1.[Cl-].[Cl-]. The van der Waals surface area contributed by atoms with Crippen molar-refractivity contribution >= 4 is 21.8 Å². The average molecular weight is 395 g/mol. The van der Waals surface area contributed by atoms with Crippen molar-refractivity contribution in [2.24, 2.45) is 0 Å². The van der Waals surface area contributed by atoms with Gasteiger partial charge in [-0.05, 0) is 72.1 Å². The highest BCUT2D eigenvalue weighted by molar-refractivity contribution is 7.96. The van der Waals surface area contributed by atoms with Gasteiger partial charge in [0.2, 0.25) is 0 Å². The maximum absolute atomic E-state index is 5.72. The fourth-order valence-corrected chi connectivity index (χ4v) is 8.26. The van der Waals surface area contributed by atoms with Gasteiger partial charge in [-0.2, -0.15) is 0 Å². The Kier molecular flexibility index (Phi) is 9.58. The Bertz CT molecular complexity index is 484. The predicted octanol–water partition coefficient (Wildman–Crippen LogP) is -2.16. The molecule has 2 aliphatic heterocycles. The molecule has 0 bridgehead atoms. The van der Waals surface area contributed by atoms with Crippen molar-refractivity contribution in [3.05, 3.63) is 28.8 Å². The van der Waals surface area contributed by atoms with Crippen molar-refractivity contribution in [3.63, 3.8) is 0 Å². The Morgan fingerprint density at radius 2 is 1.30 bits per heavy atom. The number of hydrogen-bond donors (Lipinski definition) is 0. The molecule has 3 rings (SSSR count). The monoisotopic (exact) mass is 394 g/mol. The first kappa shape index (κ1) is 21.3. The zero-order chi connectivity index (χ0) is 14.7. The van der Waals surface area contributed by atoms with Gasteiger partial charge in [-0.15, -0.1) is 0 Å². The summed E-state index contributed by atoms with van der Waals surface area (Å²) in [5.41, 5.74) is 4.49. The summed E-state index contributed by atoms with van der Waals surface area (Å²) in [5.74, 6) is 9.46. The van der Waals surface area contributed by atoms with Gasteiger partial charge in [-0.3, -0.25) is 0 Å². The van der Waals surface area contributed by atoms with Gasteiger partial charge in [0, 0.05) is 11.1 Å². The van der Waals surface area contributed by atoms with E-state index in [1.165, 1.54) is 76.9 Å². The van der Waals surface area contributed by atoms with Crippen molar-refractivity contribution in [3.8, 4) is 5.75 Å². The number of halogens is 2. The number of rotatable bonds is 5. The van der Waals surface area contributed by atoms with Gasteiger partial charge >= 0.3 is 0 Å². The molecule has 1 aromatic rings. The summed E-state index contributed by atoms with van der Waals surface area (Å²) >= 11 is 0. The summed E-state index contributed by atoms with van der Waals surface area (Å²) in [4.78, 5) is 0. The quantitative estimate of drug-likeness (QED) is 0.516. The molecule has 0 aliphatic carbocycles. The first-order valence-electron chi connectivity index (χ1n) is 8.21. The molecular weight excluding hydrogens is 367 g/mol. The van der Waals surface area contributed by atoms with Crippen LogP contribution in [-0.2, 0) is 33.3 Å². The summed E-state index contributed by atoms with van der Waals surface area (Å²) in [7, 11) is 3.09. The van der Waals surface area contributed by atoms with Crippen LogP contribution in [0.5, 0.6) is 5.75 Å². The van der Waals surface area contributed by atoms with E-state index in [9.17, 15) is 0 Å². The summed E-state index contributed by atoms with van der Waals surface area (Å²) in [5, 5.41) is 0. The van der Waals surface area contributed by atoms with E-state index < -0.39 is 0 Å². The van der Waals surface area contributed by atoms with Crippen LogP contribution in [0.4, 0.5) is 0 Å². The maximum atomic E-state index is 5.72. The molecular formula is C18H28Cl2OS2. The molecule has 2 aliphatic rings. The highest BCUT2D eigenvalue weighted by Gasteiger charge is 2.28. The summed E-state index contributed by atoms with van der Waals surface area (Å²) in [6, 6.07) is 4.79. The van der Waals surface area contributed by atoms with Gasteiger partial charge < -0.3 is 29.6 Å². The minimum atomic E-state index is 0. The van der Waals surface area contributed by atoms with E-state index in [0.29, 0.717) is 21.8 Å². The van der Waals surface area contributed by atoms with Crippen LogP contribution in [-0.4, -0.2) is 30.1 Å². The minimum absolute atomic E-state index is 0. The van der Waals surface area contributed by atoms with E-state index in [1.807, 2.05) is 7.11 Å². The Labute approximate surface area is 159 Å². The number of methoxy groups -OCH3 is 1. The van der Waals surface area contributed by atoms with Gasteiger partial charge in [0.15, 0.2) is 0 Å². The second-order valence-electron chi connectivity index (χ2n) is 6.33. The molecule has 0 aromatic heterocycles. The van der Waals surface area contributed by atoms with Crippen molar-refractivity contribution in [2.45, 2.75) is 44.1 Å². The molecule has 2 saturated heterocycles. The van der Waals surface area contributed by atoms with E-state index in [2.05, 4.69) is 19.1 Å². The molecule has 5 heteroatoms. The third-order valence-corrected chi connectivity index (χ3v) is 9.59. The van der Waals surface area contributed by atoms with Gasteiger partial charge in [-0.1, -0.05) is 0 Å². The van der Waals surface area contributed by atoms with E-state index in [0.717, 1.165) is 5.75 Å². The van der Waals surface area contributed by atoms with Gasteiger partial charge in [-0.25, -0.2) is 0 Å². The van der Waals surface area contributed by atoms with E-state index in [-0.39, 0.29) is 24.8 Å². The van der Waals surface area contributed by atoms with Crippen LogP contribution in [0.1, 0.15) is 42.4 Å². The molecule has 1 nitrogen and oxygen atoms in total. The lowest BCUT2D eigenvalue weighted by atomic mass is 10.1. The molecule has 0 saturated carbocycles. The van der Waals surface area contributed by atoms with E-state index in [4.69, 9.17) is 4.74 Å². The Balaban J connectivity index is 0.00000132. The Morgan fingerprint density at radius 1 is 0.826 bits per heavy atom. The Hall–Kier alpha value is 0.300.